The maximum absolute atomic E-state index is 13.4. The van der Waals surface area contributed by atoms with Crippen LogP contribution >= 0.6 is 0 Å². The number of hydrogen-bond acceptors (Lipinski definition) is 4. The number of benzene rings is 1. The quantitative estimate of drug-likeness (QED) is 0.719. The molecule has 2 aromatic rings. The Balaban J connectivity index is 1.66. The first-order chi connectivity index (χ1) is 14.1. The van der Waals surface area contributed by atoms with Gasteiger partial charge in [0.25, 0.3) is 0 Å². The molecule has 2 heterocycles. The largest absolute Gasteiger partial charge is 0.462 e. The van der Waals surface area contributed by atoms with Crippen LogP contribution in [0.1, 0.15) is 75.0 Å². The molecule has 1 aromatic carbocycles. The normalized spacial score (nSPS) is 25.6. The second-order valence-corrected chi connectivity index (χ2v) is 10.6. The number of carbonyl (C=O) groups is 1. The Bertz CT molecular complexity index is 1040. The highest BCUT2D eigenvalue weighted by atomic mass is 16.5. The number of fused-ring (bicyclic) bond motifs is 3. The Hall–Kier alpha value is -2.14. The molecule has 5 nitrogen and oxygen atoms in total. The molecule has 5 heteroatoms. The smallest absolute Gasteiger partial charge is 0.338 e. The zero-order valence-corrected chi connectivity index (χ0v) is 18.9. The summed E-state index contributed by atoms with van der Waals surface area (Å²) in [5.41, 5.74) is 3.64. The maximum Gasteiger partial charge on any atom is 0.338 e. The molecule has 30 heavy (non-hydrogen) atoms. The van der Waals surface area contributed by atoms with Gasteiger partial charge in [-0.3, -0.25) is 9.69 Å². The van der Waals surface area contributed by atoms with E-state index in [1.165, 1.54) is 19.3 Å². The molecule has 1 aliphatic carbocycles. The van der Waals surface area contributed by atoms with Crippen LogP contribution in [-0.4, -0.2) is 35.0 Å². The lowest BCUT2D eigenvalue weighted by Gasteiger charge is -2.40. The van der Waals surface area contributed by atoms with Crippen LogP contribution in [-0.2, 0) is 11.3 Å². The van der Waals surface area contributed by atoms with Gasteiger partial charge in [0, 0.05) is 41.3 Å². The van der Waals surface area contributed by atoms with Crippen molar-refractivity contribution in [2.24, 2.45) is 10.8 Å². The van der Waals surface area contributed by atoms with E-state index < -0.39 is 0 Å². The minimum absolute atomic E-state index is 0.0252. The first-order valence-corrected chi connectivity index (χ1v) is 11.2. The van der Waals surface area contributed by atoms with Gasteiger partial charge < -0.3 is 9.72 Å². The zero-order chi connectivity index (χ0) is 21.7. The van der Waals surface area contributed by atoms with Crippen LogP contribution in [0, 0.1) is 17.8 Å². The number of H-pyrrole nitrogens is 1. The highest BCUT2D eigenvalue weighted by Crippen LogP contribution is 2.52. The Kier molecular flexibility index (Phi) is 5.29. The summed E-state index contributed by atoms with van der Waals surface area (Å²) in [4.78, 5) is 31.6. The van der Waals surface area contributed by atoms with Gasteiger partial charge in [-0.1, -0.05) is 27.7 Å². The topological polar surface area (TPSA) is 62.4 Å². The van der Waals surface area contributed by atoms with Gasteiger partial charge in [0.15, 0.2) is 5.43 Å². The monoisotopic (exact) mass is 410 g/mol. The molecule has 0 spiro atoms. The first kappa shape index (κ1) is 21.1. The van der Waals surface area contributed by atoms with E-state index in [0.717, 1.165) is 29.7 Å². The number of aromatic nitrogens is 1. The number of aryl methyl sites for hydroxylation is 1. The molecule has 2 fully saturated rings. The molecule has 1 saturated carbocycles. The molecular weight excluding hydrogens is 376 g/mol. The van der Waals surface area contributed by atoms with Crippen LogP contribution in [0.5, 0.6) is 0 Å². The Labute approximate surface area is 178 Å². The Morgan fingerprint density at radius 2 is 2.03 bits per heavy atom. The van der Waals surface area contributed by atoms with E-state index in [9.17, 15) is 9.59 Å². The van der Waals surface area contributed by atoms with E-state index in [4.69, 9.17) is 4.74 Å². The highest BCUT2D eigenvalue weighted by molar-refractivity contribution is 5.94. The number of ether oxygens (including phenoxy) is 1. The number of hydrogen-bond donors (Lipinski definition) is 1. The van der Waals surface area contributed by atoms with E-state index in [2.05, 4.69) is 30.7 Å². The summed E-state index contributed by atoms with van der Waals surface area (Å²) in [6, 6.07) is 5.75. The molecule has 2 atom stereocenters. The second kappa shape index (κ2) is 7.52. The summed E-state index contributed by atoms with van der Waals surface area (Å²) in [6.45, 7) is 13.2. The van der Waals surface area contributed by atoms with E-state index in [-0.39, 0.29) is 11.4 Å². The van der Waals surface area contributed by atoms with Crippen LogP contribution in [0.2, 0.25) is 0 Å². The summed E-state index contributed by atoms with van der Waals surface area (Å²) in [6.07, 6.45) is 4.41. The lowest BCUT2D eigenvalue weighted by atomic mass is 9.65. The Morgan fingerprint density at radius 1 is 1.27 bits per heavy atom. The molecule has 1 aliphatic heterocycles. The highest BCUT2D eigenvalue weighted by Gasteiger charge is 2.49. The van der Waals surface area contributed by atoms with Gasteiger partial charge >= 0.3 is 5.97 Å². The van der Waals surface area contributed by atoms with Gasteiger partial charge in [0.05, 0.1) is 12.2 Å². The lowest BCUT2D eigenvalue weighted by Crippen LogP contribution is -2.35. The summed E-state index contributed by atoms with van der Waals surface area (Å²) < 4.78 is 5.25. The van der Waals surface area contributed by atoms with Crippen molar-refractivity contribution in [3.8, 4) is 0 Å². The van der Waals surface area contributed by atoms with Crippen molar-refractivity contribution in [1.82, 2.24) is 9.88 Å². The molecule has 4 rings (SSSR count). The van der Waals surface area contributed by atoms with Crippen molar-refractivity contribution in [3.05, 3.63) is 45.2 Å². The second-order valence-electron chi connectivity index (χ2n) is 10.6. The van der Waals surface area contributed by atoms with Gasteiger partial charge in [-0.2, -0.15) is 0 Å². The van der Waals surface area contributed by atoms with Gasteiger partial charge in [0.1, 0.15) is 0 Å². The van der Waals surface area contributed by atoms with Crippen LogP contribution in [0.4, 0.5) is 0 Å². The third-order valence-electron chi connectivity index (χ3n) is 6.87. The number of nitrogens with zero attached hydrogens (tertiary/aromatic N) is 1. The average molecular weight is 411 g/mol. The summed E-state index contributed by atoms with van der Waals surface area (Å²) in [7, 11) is 0. The molecule has 2 aliphatic rings. The fraction of sp³-hybridized carbons (Fsp3) is 0.600. The number of esters is 1. The lowest BCUT2D eigenvalue weighted by molar-refractivity contribution is 0.0505. The molecule has 1 N–H and O–H groups in total. The molecule has 0 radical (unpaired) electrons. The zero-order valence-electron chi connectivity index (χ0n) is 18.9. The minimum Gasteiger partial charge on any atom is -0.462 e. The number of rotatable bonds is 5. The molecule has 162 valence electrons. The minimum atomic E-state index is -0.372. The molecule has 1 saturated heterocycles. The van der Waals surface area contributed by atoms with Crippen LogP contribution in [0.3, 0.4) is 0 Å². The van der Waals surface area contributed by atoms with Crippen LogP contribution in [0.25, 0.3) is 10.9 Å². The van der Waals surface area contributed by atoms with Gasteiger partial charge in [0.2, 0.25) is 0 Å². The molecule has 2 bridgehead atoms. The summed E-state index contributed by atoms with van der Waals surface area (Å²) in [5, 5.41) is 0.565. The average Bonchev–Trinajstić information content (AvgIpc) is 2.90. The fourth-order valence-corrected chi connectivity index (χ4v) is 6.01. The van der Waals surface area contributed by atoms with Crippen molar-refractivity contribution < 1.29 is 9.53 Å². The van der Waals surface area contributed by atoms with E-state index in [0.29, 0.717) is 41.0 Å². The van der Waals surface area contributed by atoms with E-state index in [1.54, 1.807) is 12.1 Å². The number of aromatic amines is 1. The van der Waals surface area contributed by atoms with Crippen molar-refractivity contribution >= 4 is 16.9 Å². The molecule has 1 aromatic heterocycles. The maximum atomic E-state index is 13.4. The predicted octanol–water partition coefficient (Wildman–Crippen LogP) is 4.80. The number of nitrogens with one attached hydrogen (secondary N) is 1. The summed E-state index contributed by atoms with van der Waals surface area (Å²) >= 11 is 0. The molecular formula is C25H34N2O3. The van der Waals surface area contributed by atoms with Crippen molar-refractivity contribution in [1.29, 1.82) is 0 Å². The number of carbonyl (C=O) groups excluding carboxylic acids is 1. The van der Waals surface area contributed by atoms with Crippen LogP contribution in [0.15, 0.2) is 23.0 Å². The van der Waals surface area contributed by atoms with Crippen molar-refractivity contribution in [2.75, 3.05) is 13.2 Å². The molecule has 0 amide bonds. The predicted molar refractivity (Wildman–Crippen MR) is 120 cm³/mol. The van der Waals surface area contributed by atoms with Crippen LogP contribution < -0.4 is 5.43 Å². The fourth-order valence-electron chi connectivity index (χ4n) is 6.01. The third-order valence-corrected chi connectivity index (χ3v) is 6.87. The van der Waals surface area contributed by atoms with Crippen molar-refractivity contribution in [2.45, 2.75) is 72.9 Å². The van der Waals surface area contributed by atoms with Gasteiger partial charge in [-0.25, -0.2) is 4.79 Å². The van der Waals surface area contributed by atoms with E-state index in [1.807, 2.05) is 19.9 Å². The first-order valence-electron chi connectivity index (χ1n) is 11.2. The van der Waals surface area contributed by atoms with Gasteiger partial charge in [-0.05, 0) is 61.6 Å². The standard InChI is InChI=1S/C25H34N2O3/c1-6-9-30-23(29)17-7-8-21-19(10-17)22(28)20(16(2)26-21)13-27-15-25(5)12-18(27)11-24(3,4)14-25/h7-8,10,18H,6,9,11-15H2,1-5H3,(H,26,28)/t18-,25+/m0/s1. The van der Waals surface area contributed by atoms with E-state index >= 15 is 0 Å². The molecule has 0 unspecified atom stereocenters. The SMILES string of the molecule is CCCOC(=O)c1ccc2[nH]c(C)c(CN3C[C@]4(C)C[C@@H]3CC(C)(C)C4)c(=O)c2c1. The summed E-state index contributed by atoms with van der Waals surface area (Å²) in [5.74, 6) is -0.372. The Morgan fingerprint density at radius 3 is 2.77 bits per heavy atom. The van der Waals surface area contributed by atoms with Gasteiger partial charge in [-0.15, -0.1) is 0 Å². The number of pyridine rings is 1. The number of likely N-dealkylation sites (tertiary alicyclic amines) is 1. The van der Waals surface area contributed by atoms with Crippen molar-refractivity contribution in [3.63, 3.8) is 0 Å². The third kappa shape index (κ3) is 3.92.